The number of rotatable bonds is 6. The number of anilines is 1. The first kappa shape index (κ1) is 19.1. The Labute approximate surface area is 169 Å². The summed E-state index contributed by atoms with van der Waals surface area (Å²) >= 11 is 0. The Bertz CT molecular complexity index is 1240. The molecule has 2 heterocycles. The van der Waals surface area contributed by atoms with E-state index in [0.717, 1.165) is 17.4 Å². The quantitative estimate of drug-likeness (QED) is 0.493. The monoisotopic (exact) mass is 407 g/mol. The van der Waals surface area contributed by atoms with Crippen LogP contribution in [0.2, 0.25) is 0 Å². The highest BCUT2D eigenvalue weighted by Gasteiger charge is 2.20. The Balaban J connectivity index is 1.79. The summed E-state index contributed by atoms with van der Waals surface area (Å²) in [6.45, 7) is 2.48. The molecule has 0 saturated heterocycles. The first-order chi connectivity index (χ1) is 13.9. The molecule has 0 bridgehead atoms. The van der Waals surface area contributed by atoms with E-state index < -0.39 is 9.84 Å². The van der Waals surface area contributed by atoms with Crippen molar-refractivity contribution in [3.8, 4) is 0 Å². The summed E-state index contributed by atoms with van der Waals surface area (Å²) in [5.74, 6) is 0.450. The van der Waals surface area contributed by atoms with Crippen molar-refractivity contribution in [2.24, 2.45) is 0 Å². The van der Waals surface area contributed by atoms with Gasteiger partial charge < -0.3 is 5.32 Å². The van der Waals surface area contributed by atoms with E-state index in [1.54, 1.807) is 10.9 Å². The molecule has 4 rings (SSSR count). The minimum atomic E-state index is -3.59. The normalized spacial score (nSPS) is 12.8. The van der Waals surface area contributed by atoms with E-state index in [-0.39, 0.29) is 11.2 Å². The van der Waals surface area contributed by atoms with Gasteiger partial charge in [0.2, 0.25) is 9.84 Å². The Morgan fingerprint density at radius 1 is 1.00 bits per heavy atom. The van der Waals surface area contributed by atoms with Crippen LogP contribution in [0.25, 0.3) is 11.0 Å². The second-order valence-electron chi connectivity index (χ2n) is 6.93. The highest BCUT2D eigenvalue weighted by Crippen LogP contribution is 2.26. The molecule has 1 unspecified atom stereocenters. The second-order valence-corrected chi connectivity index (χ2v) is 8.84. The van der Waals surface area contributed by atoms with Crippen molar-refractivity contribution >= 4 is 26.7 Å². The fourth-order valence-corrected chi connectivity index (χ4v) is 3.62. The SMILES string of the molecule is CC(Nc1nc(S(C)(=O)=O)nc2c1cnn2Cc1ccccc1)c1ccccc1. The minimum Gasteiger partial charge on any atom is -0.363 e. The van der Waals surface area contributed by atoms with Crippen molar-refractivity contribution in [2.75, 3.05) is 11.6 Å². The molecule has 0 aliphatic carbocycles. The first-order valence-corrected chi connectivity index (χ1v) is 11.1. The molecular weight excluding hydrogens is 386 g/mol. The van der Waals surface area contributed by atoms with Crippen LogP contribution in [-0.4, -0.2) is 34.4 Å². The highest BCUT2D eigenvalue weighted by atomic mass is 32.2. The van der Waals surface area contributed by atoms with E-state index in [0.29, 0.717) is 23.4 Å². The van der Waals surface area contributed by atoms with Gasteiger partial charge in [0.25, 0.3) is 5.16 Å². The number of fused-ring (bicyclic) bond motifs is 1. The van der Waals surface area contributed by atoms with Crippen LogP contribution >= 0.6 is 0 Å². The van der Waals surface area contributed by atoms with Crippen molar-refractivity contribution in [1.29, 1.82) is 0 Å². The van der Waals surface area contributed by atoms with Crippen LogP contribution in [0.5, 0.6) is 0 Å². The minimum absolute atomic E-state index is 0.0702. The Hall–Kier alpha value is -3.26. The van der Waals surface area contributed by atoms with Crippen molar-refractivity contribution in [3.63, 3.8) is 0 Å². The van der Waals surface area contributed by atoms with Gasteiger partial charge in [-0.05, 0) is 18.1 Å². The van der Waals surface area contributed by atoms with E-state index in [4.69, 9.17) is 0 Å². The van der Waals surface area contributed by atoms with Crippen LogP contribution in [0.3, 0.4) is 0 Å². The molecule has 29 heavy (non-hydrogen) atoms. The lowest BCUT2D eigenvalue weighted by atomic mass is 10.1. The van der Waals surface area contributed by atoms with Gasteiger partial charge in [0.1, 0.15) is 5.82 Å². The number of aromatic nitrogens is 4. The number of benzene rings is 2. The van der Waals surface area contributed by atoms with Gasteiger partial charge in [0, 0.05) is 12.3 Å². The molecular formula is C21H21N5O2S. The summed E-state index contributed by atoms with van der Waals surface area (Å²) in [4.78, 5) is 8.60. The molecule has 148 valence electrons. The summed E-state index contributed by atoms with van der Waals surface area (Å²) in [5.41, 5.74) is 2.59. The van der Waals surface area contributed by atoms with Crippen LogP contribution in [0.1, 0.15) is 24.1 Å². The number of hydrogen-bond donors (Lipinski definition) is 1. The fourth-order valence-electron chi connectivity index (χ4n) is 3.11. The zero-order valence-corrected chi connectivity index (χ0v) is 17.0. The van der Waals surface area contributed by atoms with Crippen LogP contribution in [0, 0.1) is 0 Å². The number of sulfone groups is 1. The third-order valence-corrected chi connectivity index (χ3v) is 5.48. The largest absolute Gasteiger partial charge is 0.363 e. The van der Waals surface area contributed by atoms with Crippen molar-refractivity contribution < 1.29 is 8.42 Å². The zero-order valence-electron chi connectivity index (χ0n) is 16.1. The predicted octanol–water partition coefficient (Wildman–Crippen LogP) is 3.45. The van der Waals surface area contributed by atoms with Crippen LogP contribution in [0.4, 0.5) is 5.82 Å². The standard InChI is InChI=1S/C21H21N5O2S/c1-15(17-11-7-4-8-12-17)23-19-18-13-22-26(14-16-9-5-3-6-10-16)20(18)25-21(24-19)29(2,27)28/h3-13,15H,14H2,1-2H3,(H,23,24,25). The van der Waals surface area contributed by atoms with Crippen molar-refractivity contribution in [1.82, 2.24) is 19.7 Å². The van der Waals surface area contributed by atoms with Crippen LogP contribution in [-0.2, 0) is 16.4 Å². The lowest BCUT2D eigenvalue weighted by molar-refractivity contribution is 0.592. The highest BCUT2D eigenvalue weighted by molar-refractivity contribution is 7.90. The van der Waals surface area contributed by atoms with E-state index in [1.807, 2.05) is 67.6 Å². The first-order valence-electron chi connectivity index (χ1n) is 9.21. The van der Waals surface area contributed by atoms with Crippen molar-refractivity contribution in [3.05, 3.63) is 78.0 Å². The summed E-state index contributed by atoms with van der Waals surface area (Å²) in [7, 11) is -3.59. The van der Waals surface area contributed by atoms with Gasteiger partial charge in [-0.25, -0.2) is 18.1 Å². The lowest BCUT2D eigenvalue weighted by Crippen LogP contribution is -2.13. The van der Waals surface area contributed by atoms with Crippen molar-refractivity contribution in [2.45, 2.75) is 24.7 Å². The third kappa shape index (κ3) is 4.12. The molecule has 0 spiro atoms. The molecule has 0 aliphatic rings. The number of nitrogens with zero attached hydrogens (tertiary/aromatic N) is 4. The molecule has 1 N–H and O–H groups in total. The Morgan fingerprint density at radius 3 is 2.31 bits per heavy atom. The molecule has 4 aromatic rings. The molecule has 1 atom stereocenters. The second kappa shape index (κ2) is 7.63. The van der Waals surface area contributed by atoms with Crippen LogP contribution < -0.4 is 5.32 Å². The predicted molar refractivity (Wildman–Crippen MR) is 112 cm³/mol. The molecule has 0 radical (unpaired) electrons. The summed E-state index contributed by atoms with van der Waals surface area (Å²) in [6, 6.07) is 19.6. The third-order valence-electron chi connectivity index (χ3n) is 4.64. The molecule has 2 aromatic carbocycles. The number of nitrogens with one attached hydrogen (secondary N) is 1. The van der Waals surface area contributed by atoms with E-state index in [9.17, 15) is 8.42 Å². The van der Waals surface area contributed by atoms with Gasteiger partial charge >= 0.3 is 0 Å². The maximum Gasteiger partial charge on any atom is 0.250 e. The average Bonchev–Trinajstić information content (AvgIpc) is 3.12. The molecule has 7 nitrogen and oxygen atoms in total. The van der Waals surface area contributed by atoms with Gasteiger partial charge in [0.15, 0.2) is 5.65 Å². The Morgan fingerprint density at radius 2 is 1.66 bits per heavy atom. The van der Waals surface area contributed by atoms with Gasteiger partial charge in [0.05, 0.1) is 18.1 Å². The van der Waals surface area contributed by atoms with E-state index in [2.05, 4.69) is 20.4 Å². The van der Waals surface area contributed by atoms with Crippen LogP contribution in [0.15, 0.2) is 72.0 Å². The molecule has 8 heteroatoms. The molecule has 0 saturated carbocycles. The lowest BCUT2D eigenvalue weighted by Gasteiger charge is -2.16. The molecule has 0 aliphatic heterocycles. The van der Waals surface area contributed by atoms with Gasteiger partial charge in [-0.15, -0.1) is 0 Å². The molecule has 0 amide bonds. The van der Waals surface area contributed by atoms with Gasteiger partial charge in [-0.3, -0.25) is 0 Å². The van der Waals surface area contributed by atoms with Gasteiger partial charge in [-0.1, -0.05) is 60.7 Å². The number of hydrogen-bond acceptors (Lipinski definition) is 6. The van der Waals surface area contributed by atoms with E-state index in [1.165, 1.54) is 0 Å². The Kier molecular flexibility index (Phi) is 5.02. The summed E-state index contributed by atoms with van der Waals surface area (Å²) in [6.07, 6.45) is 2.78. The smallest absolute Gasteiger partial charge is 0.250 e. The topological polar surface area (TPSA) is 89.8 Å². The average molecular weight is 407 g/mol. The summed E-state index contributed by atoms with van der Waals surface area (Å²) in [5, 5.41) is 8.21. The maximum atomic E-state index is 12.2. The fraction of sp³-hybridized carbons (Fsp3) is 0.190. The summed E-state index contributed by atoms with van der Waals surface area (Å²) < 4.78 is 26.1. The maximum absolute atomic E-state index is 12.2. The molecule has 2 aromatic heterocycles. The molecule has 0 fully saturated rings. The van der Waals surface area contributed by atoms with Gasteiger partial charge in [-0.2, -0.15) is 10.1 Å². The zero-order chi connectivity index (χ0) is 20.4. The van der Waals surface area contributed by atoms with E-state index >= 15 is 0 Å².